The summed E-state index contributed by atoms with van der Waals surface area (Å²) in [5.41, 5.74) is 0.855. The van der Waals surface area contributed by atoms with Gasteiger partial charge < -0.3 is 5.32 Å². The van der Waals surface area contributed by atoms with Crippen LogP contribution in [0.1, 0.15) is 16.5 Å². The van der Waals surface area contributed by atoms with Crippen molar-refractivity contribution >= 4 is 22.9 Å². The van der Waals surface area contributed by atoms with Crippen molar-refractivity contribution in [2.75, 3.05) is 11.9 Å². The van der Waals surface area contributed by atoms with E-state index in [1.54, 1.807) is 11.3 Å². The number of carbonyl (C=O) groups is 1. The van der Waals surface area contributed by atoms with Crippen molar-refractivity contribution in [3.63, 3.8) is 0 Å². The average Bonchev–Trinajstić information content (AvgIpc) is 3.14. The van der Waals surface area contributed by atoms with Gasteiger partial charge in [-0.25, -0.2) is 8.78 Å². The van der Waals surface area contributed by atoms with Crippen LogP contribution in [0.15, 0.2) is 66.0 Å². The molecule has 0 fully saturated rings. The predicted octanol–water partition coefficient (Wildman–Crippen LogP) is 4.34. The third-order valence-corrected chi connectivity index (χ3v) is 4.57. The van der Waals surface area contributed by atoms with E-state index in [2.05, 4.69) is 10.6 Å². The van der Waals surface area contributed by atoms with E-state index >= 15 is 0 Å². The fourth-order valence-corrected chi connectivity index (χ4v) is 3.29. The number of hydrogen-bond acceptors (Lipinski definition) is 3. The van der Waals surface area contributed by atoms with Gasteiger partial charge in [0, 0.05) is 10.9 Å². The van der Waals surface area contributed by atoms with Gasteiger partial charge in [0.25, 0.3) is 0 Å². The number of nitrogens with one attached hydrogen (secondary N) is 2. The third-order valence-electron chi connectivity index (χ3n) is 3.63. The molecular formula is C19H16F2N2OS. The average molecular weight is 358 g/mol. The van der Waals surface area contributed by atoms with E-state index in [1.807, 2.05) is 47.8 Å². The summed E-state index contributed by atoms with van der Waals surface area (Å²) in [6.07, 6.45) is 0. The molecule has 0 bridgehead atoms. The largest absolute Gasteiger partial charge is 0.322 e. The summed E-state index contributed by atoms with van der Waals surface area (Å²) in [7, 11) is 0. The molecule has 2 aromatic carbocycles. The maximum atomic E-state index is 13.6. The Bertz CT molecular complexity index is 838. The first-order chi connectivity index (χ1) is 12.1. The minimum Gasteiger partial charge on any atom is -0.322 e. The van der Waals surface area contributed by atoms with Crippen LogP contribution in [0.5, 0.6) is 0 Å². The van der Waals surface area contributed by atoms with Gasteiger partial charge >= 0.3 is 0 Å². The van der Waals surface area contributed by atoms with Crippen molar-refractivity contribution in [2.24, 2.45) is 0 Å². The summed E-state index contributed by atoms with van der Waals surface area (Å²) in [5, 5.41) is 7.53. The first-order valence-electron chi connectivity index (χ1n) is 7.70. The highest BCUT2D eigenvalue weighted by molar-refractivity contribution is 7.10. The van der Waals surface area contributed by atoms with Crippen LogP contribution >= 0.6 is 11.3 Å². The van der Waals surface area contributed by atoms with Crippen molar-refractivity contribution in [3.05, 3.63) is 88.1 Å². The summed E-state index contributed by atoms with van der Waals surface area (Å²) >= 11 is 1.58. The molecule has 1 aromatic heterocycles. The van der Waals surface area contributed by atoms with Crippen LogP contribution in [0.4, 0.5) is 14.5 Å². The number of carbonyl (C=O) groups excluding carboxylic acids is 1. The Hall–Kier alpha value is -2.57. The van der Waals surface area contributed by atoms with Crippen molar-refractivity contribution in [3.8, 4) is 0 Å². The zero-order valence-corrected chi connectivity index (χ0v) is 14.0. The topological polar surface area (TPSA) is 41.1 Å². The van der Waals surface area contributed by atoms with E-state index in [0.29, 0.717) is 0 Å². The van der Waals surface area contributed by atoms with Crippen LogP contribution in [-0.2, 0) is 4.79 Å². The molecule has 0 saturated heterocycles. The second-order valence-electron chi connectivity index (χ2n) is 5.41. The number of benzene rings is 2. The highest BCUT2D eigenvalue weighted by Crippen LogP contribution is 2.25. The van der Waals surface area contributed by atoms with E-state index in [4.69, 9.17) is 0 Å². The lowest BCUT2D eigenvalue weighted by atomic mass is 10.1. The van der Waals surface area contributed by atoms with E-state index < -0.39 is 17.5 Å². The lowest BCUT2D eigenvalue weighted by molar-refractivity contribution is -0.115. The normalized spacial score (nSPS) is 11.9. The number of thiophene rings is 1. The van der Waals surface area contributed by atoms with Gasteiger partial charge in [0.05, 0.1) is 18.3 Å². The van der Waals surface area contributed by atoms with Crippen LogP contribution in [0.25, 0.3) is 0 Å². The molecule has 1 heterocycles. The molecule has 25 heavy (non-hydrogen) atoms. The van der Waals surface area contributed by atoms with Crippen molar-refractivity contribution in [2.45, 2.75) is 6.04 Å². The van der Waals surface area contributed by atoms with Crippen LogP contribution < -0.4 is 10.6 Å². The second kappa shape index (κ2) is 8.00. The molecule has 3 rings (SSSR count). The number of halogens is 2. The highest BCUT2D eigenvalue weighted by atomic mass is 32.1. The van der Waals surface area contributed by atoms with Crippen LogP contribution in [0, 0.1) is 11.6 Å². The molecule has 0 aliphatic carbocycles. The fourth-order valence-electron chi connectivity index (χ4n) is 2.47. The summed E-state index contributed by atoms with van der Waals surface area (Å²) in [6.45, 7) is -0.0343. The fraction of sp³-hybridized carbons (Fsp3) is 0.105. The molecule has 0 unspecified atom stereocenters. The number of rotatable bonds is 6. The first kappa shape index (κ1) is 17.3. The smallest absolute Gasteiger partial charge is 0.238 e. The summed E-state index contributed by atoms with van der Waals surface area (Å²) in [6, 6.07) is 16.5. The van der Waals surface area contributed by atoms with Gasteiger partial charge in [-0.15, -0.1) is 11.3 Å². The summed E-state index contributed by atoms with van der Waals surface area (Å²) < 4.78 is 26.8. The molecular weight excluding hydrogens is 342 g/mol. The maximum Gasteiger partial charge on any atom is 0.238 e. The molecule has 0 aliphatic rings. The molecule has 128 valence electrons. The minimum atomic E-state index is -0.674. The molecule has 3 aromatic rings. The molecule has 6 heteroatoms. The molecule has 0 radical (unpaired) electrons. The zero-order valence-electron chi connectivity index (χ0n) is 13.2. The van der Waals surface area contributed by atoms with E-state index in [9.17, 15) is 13.6 Å². The zero-order chi connectivity index (χ0) is 17.6. The van der Waals surface area contributed by atoms with Gasteiger partial charge in [-0.2, -0.15) is 0 Å². The predicted molar refractivity (Wildman–Crippen MR) is 95.6 cm³/mol. The van der Waals surface area contributed by atoms with Crippen LogP contribution in [0.2, 0.25) is 0 Å². The lowest BCUT2D eigenvalue weighted by Gasteiger charge is -2.18. The Labute approximate surface area is 148 Å². The molecule has 0 saturated carbocycles. The van der Waals surface area contributed by atoms with Crippen molar-refractivity contribution in [1.82, 2.24) is 5.32 Å². The molecule has 1 atom stereocenters. The Morgan fingerprint density at radius 2 is 1.84 bits per heavy atom. The van der Waals surface area contributed by atoms with Crippen molar-refractivity contribution in [1.29, 1.82) is 0 Å². The highest BCUT2D eigenvalue weighted by Gasteiger charge is 2.16. The van der Waals surface area contributed by atoms with E-state index in [0.717, 1.165) is 28.6 Å². The van der Waals surface area contributed by atoms with Crippen molar-refractivity contribution < 1.29 is 13.6 Å². The Balaban J connectivity index is 1.69. The number of hydrogen-bond donors (Lipinski definition) is 2. The van der Waals surface area contributed by atoms with E-state index in [-0.39, 0.29) is 18.3 Å². The van der Waals surface area contributed by atoms with Gasteiger partial charge in [0.1, 0.15) is 11.6 Å². The molecule has 2 N–H and O–H groups in total. The summed E-state index contributed by atoms with van der Waals surface area (Å²) in [4.78, 5) is 13.2. The van der Waals surface area contributed by atoms with Crippen LogP contribution in [-0.4, -0.2) is 12.5 Å². The van der Waals surface area contributed by atoms with Gasteiger partial charge in [0.15, 0.2) is 0 Å². The summed E-state index contributed by atoms with van der Waals surface area (Å²) in [5.74, 6) is -1.72. The third kappa shape index (κ3) is 4.49. The lowest BCUT2D eigenvalue weighted by Crippen LogP contribution is -2.31. The Kier molecular flexibility index (Phi) is 5.53. The van der Waals surface area contributed by atoms with Gasteiger partial charge in [-0.3, -0.25) is 10.1 Å². The number of anilines is 1. The quantitative estimate of drug-likeness (QED) is 0.688. The molecule has 1 amide bonds. The van der Waals surface area contributed by atoms with Crippen LogP contribution in [0.3, 0.4) is 0 Å². The molecule has 3 nitrogen and oxygen atoms in total. The standard InChI is InChI=1S/C19H16F2N2OS/c20-14-8-9-15(21)16(11-14)23-18(24)12-22-19(17-7-4-10-25-17)13-5-2-1-3-6-13/h1-11,19,22H,12H2,(H,23,24)/t19-/m0/s1. The minimum absolute atomic E-state index is 0.0343. The Morgan fingerprint density at radius 1 is 1.04 bits per heavy atom. The Morgan fingerprint density at radius 3 is 2.56 bits per heavy atom. The molecule has 0 aliphatic heterocycles. The van der Waals surface area contributed by atoms with Gasteiger partial charge in [-0.1, -0.05) is 36.4 Å². The first-order valence-corrected chi connectivity index (χ1v) is 8.58. The van der Waals surface area contributed by atoms with Gasteiger partial charge in [-0.05, 0) is 29.1 Å². The SMILES string of the molecule is O=C(CN[C@@H](c1ccccc1)c1cccs1)Nc1cc(F)ccc1F. The second-order valence-corrected chi connectivity index (χ2v) is 6.39. The van der Waals surface area contributed by atoms with Gasteiger partial charge in [0.2, 0.25) is 5.91 Å². The monoisotopic (exact) mass is 358 g/mol. The molecule has 0 spiro atoms. The number of amides is 1. The maximum absolute atomic E-state index is 13.6. The van der Waals surface area contributed by atoms with E-state index in [1.165, 1.54) is 0 Å².